The molecule has 5 heteroatoms. The van der Waals surface area contributed by atoms with Gasteiger partial charge in [-0.25, -0.2) is 4.98 Å². The van der Waals surface area contributed by atoms with E-state index in [-0.39, 0.29) is 18.0 Å². The topological polar surface area (TPSA) is 57.8 Å². The van der Waals surface area contributed by atoms with Crippen molar-refractivity contribution in [1.29, 1.82) is 0 Å². The molecule has 0 saturated carbocycles. The second-order valence-corrected chi connectivity index (χ2v) is 4.65. The van der Waals surface area contributed by atoms with Crippen LogP contribution in [0.3, 0.4) is 0 Å². The third-order valence-electron chi connectivity index (χ3n) is 3.39. The lowest BCUT2D eigenvalue weighted by Gasteiger charge is -2.08. The van der Waals surface area contributed by atoms with Crippen molar-refractivity contribution in [2.45, 2.75) is 12.8 Å². The molecule has 0 spiro atoms. The number of rotatable bonds is 2. The fourth-order valence-corrected chi connectivity index (χ4v) is 2.46. The van der Waals surface area contributed by atoms with Gasteiger partial charge < -0.3 is 10.3 Å². The molecule has 2 N–H and O–H groups in total. The Balaban J connectivity index is 0.00000120. The second-order valence-electron chi connectivity index (χ2n) is 4.65. The van der Waals surface area contributed by atoms with Crippen LogP contribution in [0.2, 0.25) is 0 Å². The zero-order valence-corrected chi connectivity index (χ0v) is 10.8. The van der Waals surface area contributed by atoms with Crippen LogP contribution in [-0.2, 0) is 6.42 Å². The molecule has 4 nitrogen and oxygen atoms in total. The molecule has 1 fully saturated rings. The molecule has 18 heavy (non-hydrogen) atoms. The minimum Gasteiger partial charge on any atom is -0.316 e. The molecule has 0 amide bonds. The van der Waals surface area contributed by atoms with Gasteiger partial charge in [-0.3, -0.25) is 4.79 Å². The molecule has 3 rings (SSSR count). The van der Waals surface area contributed by atoms with Crippen molar-refractivity contribution in [3.8, 4) is 0 Å². The zero-order valence-electron chi connectivity index (χ0n) is 9.98. The monoisotopic (exact) mass is 265 g/mol. The average Bonchev–Trinajstić information content (AvgIpc) is 2.82. The van der Waals surface area contributed by atoms with E-state index in [9.17, 15) is 4.79 Å². The van der Waals surface area contributed by atoms with Gasteiger partial charge in [-0.2, -0.15) is 0 Å². The van der Waals surface area contributed by atoms with E-state index in [0.29, 0.717) is 5.39 Å². The Labute approximate surface area is 111 Å². The van der Waals surface area contributed by atoms with Crippen molar-refractivity contribution < 1.29 is 0 Å². The highest BCUT2D eigenvalue weighted by molar-refractivity contribution is 5.85. The summed E-state index contributed by atoms with van der Waals surface area (Å²) < 4.78 is 0. The highest BCUT2D eigenvalue weighted by Crippen LogP contribution is 2.17. The quantitative estimate of drug-likeness (QED) is 0.865. The lowest BCUT2D eigenvalue weighted by Crippen LogP contribution is -2.11. The van der Waals surface area contributed by atoms with Gasteiger partial charge in [-0.05, 0) is 49.5 Å². The van der Waals surface area contributed by atoms with Gasteiger partial charge in [0.1, 0.15) is 0 Å². The number of fused-ring (bicyclic) bond motifs is 1. The van der Waals surface area contributed by atoms with Gasteiger partial charge in [-0.1, -0.05) is 6.07 Å². The Bertz CT molecular complexity index is 590. The van der Waals surface area contributed by atoms with Crippen LogP contribution in [0.1, 0.15) is 12.0 Å². The van der Waals surface area contributed by atoms with Crippen LogP contribution in [0.25, 0.3) is 10.9 Å². The van der Waals surface area contributed by atoms with E-state index in [1.165, 1.54) is 18.3 Å². The lowest BCUT2D eigenvalue weighted by atomic mass is 9.98. The summed E-state index contributed by atoms with van der Waals surface area (Å²) in [6.45, 7) is 2.22. The van der Waals surface area contributed by atoms with Crippen molar-refractivity contribution in [2.24, 2.45) is 5.92 Å². The minimum absolute atomic E-state index is 0. The van der Waals surface area contributed by atoms with Gasteiger partial charge in [0.05, 0.1) is 17.2 Å². The maximum atomic E-state index is 11.5. The predicted octanol–water partition coefficient (Wildman–Crippen LogP) is 1.50. The number of aromatic amines is 1. The summed E-state index contributed by atoms with van der Waals surface area (Å²) in [6.07, 6.45) is 3.77. The average molecular weight is 266 g/mol. The fourth-order valence-electron chi connectivity index (χ4n) is 2.46. The standard InChI is InChI=1S/C13H15N3O.ClH/c17-13-11-2-1-9(5-10-3-4-14-7-10)6-12(11)15-8-16-13;/h1-2,6,8,10,14H,3-5,7H2,(H,15,16,17);1H. The van der Waals surface area contributed by atoms with Crippen molar-refractivity contribution in [3.05, 3.63) is 40.4 Å². The smallest absolute Gasteiger partial charge is 0.258 e. The van der Waals surface area contributed by atoms with E-state index in [0.717, 1.165) is 30.9 Å². The van der Waals surface area contributed by atoms with Crippen molar-refractivity contribution >= 4 is 23.3 Å². The van der Waals surface area contributed by atoms with Gasteiger partial charge in [0, 0.05) is 0 Å². The molecule has 0 bridgehead atoms. The van der Waals surface area contributed by atoms with E-state index in [4.69, 9.17) is 0 Å². The van der Waals surface area contributed by atoms with Crippen LogP contribution >= 0.6 is 12.4 Å². The van der Waals surface area contributed by atoms with Crippen molar-refractivity contribution in [2.75, 3.05) is 13.1 Å². The number of nitrogens with one attached hydrogen (secondary N) is 2. The molecular formula is C13H16ClN3O. The molecule has 1 aromatic heterocycles. The first-order chi connectivity index (χ1) is 8.33. The normalized spacial score (nSPS) is 18.8. The molecule has 1 saturated heterocycles. The molecular weight excluding hydrogens is 250 g/mol. The maximum Gasteiger partial charge on any atom is 0.258 e. The Kier molecular flexibility index (Phi) is 3.99. The molecule has 2 aromatic rings. The Morgan fingerprint density at radius 3 is 3.06 bits per heavy atom. The summed E-state index contributed by atoms with van der Waals surface area (Å²) >= 11 is 0. The summed E-state index contributed by atoms with van der Waals surface area (Å²) in [7, 11) is 0. The Morgan fingerprint density at radius 1 is 1.39 bits per heavy atom. The molecule has 0 aliphatic carbocycles. The van der Waals surface area contributed by atoms with Crippen LogP contribution in [0.5, 0.6) is 0 Å². The minimum atomic E-state index is -0.0657. The second kappa shape index (κ2) is 5.50. The van der Waals surface area contributed by atoms with Crippen LogP contribution in [0, 0.1) is 5.92 Å². The predicted molar refractivity (Wildman–Crippen MR) is 74.3 cm³/mol. The zero-order chi connectivity index (χ0) is 11.7. The van der Waals surface area contributed by atoms with Crippen molar-refractivity contribution in [1.82, 2.24) is 15.3 Å². The molecule has 1 atom stereocenters. The molecule has 0 radical (unpaired) electrons. The van der Waals surface area contributed by atoms with Crippen LogP contribution < -0.4 is 10.9 Å². The van der Waals surface area contributed by atoms with Gasteiger partial charge in [0.15, 0.2) is 0 Å². The van der Waals surface area contributed by atoms with Gasteiger partial charge in [0.2, 0.25) is 0 Å². The van der Waals surface area contributed by atoms with E-state index >= 15 is 0 Å². The highest BCUT2D eigenvalue weighted by atomic mass is 35.5. The van der Waals surface area contributed by atoms with E-state index in [1.54, 1.807) is 0 Å². The molecule has 2 heterocycles. The van der Waals surface area contributed by atoms with Gasteiger partial charge in [0.25, 0.3) is 5.56 Å². The Hall–Kier alpha value is -1.39. The van der Waals surface area contributed by atoms with Gasteiger partial charge in [-0.15, -0.1) is 12.4 Å². The first-order valence-electron chi connectivity index (χ1n) is 6.00. The largest absolute Gasteiger partial charge is 0.316 e. The van der Waals surface area contributed by atoms with E-state index in [1.807, 2.05) is 18.2 Å². The number of H-pyrrole nitrogens is 1. The number of aromatic nitrogens is 2. The first kappa shape index (κ1) is 13.1. The third kappa shape index (κ3) is 2.54. The van der Waals surface area contributed by atoms with Crippen LogP contribution in [-0.4, -0.2) is 23.1 Å². The van der Waals surface area contributed by atoms with Crippen LogP contribution in [0.4, 0.5) is 0 Å². The summed E-state index contributed by atoms with van der Waals surface area (Å²) in [5, 5.41) is 4.04. The summed E-state index contributed by atoms with van der Waals surface area (Å²) in [5.41, 5.74) is 1.99. The van der Waals surface area contributed by atoms with Gasteiger partial charge >= 0.3 is 0 Å². The lowest BCUT2D eigenvalue weighted by molar-refractivity contribution is 0.580. The molecule has 96 valence electrons. The van der Waals surface area contributed by atoms with Crippen molar-refractivity contribution in [3.63, 3.8) is 0 Å². The summed E-state index contributed by atoms with van der Waals surface area (Å²) in [5.74, 6) is 0.717. The number of hydrogen-bond donors (Lipinski definition) is 2. The van der Waals surface area contributed by atoms with E-state index < -0.39 is 0 Å². The maximum absolute atomic E-state index is 11.5. The molecule has 1 aliphatic rings. The number of nitrogens with zero attached hydrogens (tertiary/aromatic N) is 1. The third-order valence-corrected chi connectivity index (χ3v) is 3.39. The number of benzene rings is 1. The number of hydrogen-bond acceptors (Lipinski definition) is 3. The molecule has 1 aliphatic heterocycles. The van der Waals surface area contributed by atoms with Crippen LogP contribution in [0.15, 0.2) is 29.3 Å². The van der Waals surface area contributed by atoms with E-state index in [2.05, 4.69) is 15.3 Å². The first-order valence-corrected chi connectivity index (χ1v) is 6.00. The number of halogens is 1. The summed E-state index contributed by atoms with van der Waals surface area (Å²) in [6, 6.07) is 5.94. The SMILES string of the molecule is Cl.O=c1[nH]cnc2cc(CC3CCNC3)ccc12. The summed E-state index contributed by atoms with van der Waals surface area (Å²) in [4.78, 5) is 18.3. The Morgan fingerprint density at radius 2 is 2.28 bits per heavy atom. The fraction of sp³-hybridized carbons (Fsp3) is 0.385. The highest BCUT2D eigenvalue weighted by Gasteiger charge is 2.15. The molecule has 1 aromatic carbocycles. The molecule has 1 unspecified atom stereocenters.